The topological polar surface area (TPSA) is 38.1 Å². The van der Waals surface area contributed by atoms with Crippen LogP contribution in [0.15, 0.2) is 16.8 Å². The van der Waals surface area contributed by atoms with E-state index in [9.17, 15) is 0 Å². The van der Waals surface area contributed by atoms with E-state index >= 15 is 0 Å². The van der Waals surface area contributed by atoms with E-state index in [0.717, 1.165) is 25.3 Å². The van der Waals surface area contributed by atoms with Crippen molar-refractivity contribution in [2.45, 2.75) is 19.9 Å². The first kappa shape index (κ1) is 8.82. The van der Waals surface area contributed by atoms with Gasteiger partial charge in [0.25, 0.3) is 0 Å². The number of rotatable bonds is 4. The maximum Gasteiger partial charge on any atom is 0.150 e. The van der Waals surface area contributed by atoms with Gasteiger partial charge < -0.3 is 9.84 Å². The molecule has 3 nitrogen and oxygen atoms in total. The summed E-state index contributed by atoms with van der Waals surface area (Å²) in [6, 6.07) is 1.85. The Balaban J connectivity index is 2.06. The Morgan fingerprint density at radius 1 is 1.67 bits per heavy atom. The normalized spacial score (nSPS) is 9.08. The number of nitrogens with one attached hydrogen (secondary N) is 1. The van der Waals surface area contributed by atoms with Crippen LogP contribution >= 0.6 is 0 Å². The lowest BCUT2D eigenvalue weighted by atomic mass is 10.4. The molecular weight excluding hydrogens is 152 g/mol. The van der Waals surface area contributed by atoms with Crippen molar-refractivity contribution in [3.8, 4) is 11.8 Å². The minimum Gasteiger partial charge on any atom is -0.360 e. The Kier molecular flexibility index (Phi) is 3.96. The highest BCUT2D eigenvalue weighted by Crippen LogP contribution is 1.94. The van der Waals surface area contributed by atoms with Gasteiger partial charge in [0, 0.05) is 19.0 Å². The molecule has 1 heterocycles. The van der Waals surface area contributed by atoms with Gasteiger partial charge in [-0.2, -0.15) is 0 Å². The summed E-state index contributed by atoms with van der Waals surface area (Å²) in [5, 5.41) is 6.78. The van der Waals surface area contributed by atoms with Gasteiger partial charge in [-0.25, -0.2) is 0 Å². The Labute approximate surface area is 72.1 Å². The molecule has 12 heavy (non-hydrogen) atoms. The van der Waals surface area contributed by atoms with Gasteiger partial charge in [-0.05, 0) is 6.92 Å². The second-order valence-corrected chi connectivity index (χ2v) is 2.33. The molecule has 0 amide bonds. The largest absolute Gasteiger partial charge is 0.360 e. The monoisotopic (exact) mass is 164 g/mol. The van der Waals surface area contributed by atoms with E-state index in [1.54, 1.807) is 6.20 Å². The molecule has 1 rings (SSSR count). The molecular formula is C9H12N2O. The van der Waals surface area contributed by atoms with Crippen LogP contribution in [0.25, 0.3) is 0 Å². The van der Waals surface area contributed by atoms with E-state index in [-0.39, 0.29) is 0 Å². The van der Waals surface area contributed by atoms with E-state index in [0.29, 0.717) is 0 Å². The highest BCUT2D eigenvalue weighted by molar-refractivity contribution is 4.96. The molecule has 0 atom stereocenters. The summed E-state index contributed by atoms with van der Waals surface area (Å²) in [5.74, 6) is 6.67. The third-order valence-electron chi connectivity index (χ3n) is 1.39. The van der Waals surface area contributed by atoms with Crippen LogP contribution in [0, 0.1) is 11.8 Å². The van der Waals surface area contributed by atoms with E-state index < -0.39 is 0 Å². The Morgan fingerprint density at radius 3 is 3.25 bits per heavy atom. The van der Waals surface area contributed by atoms with Gasteiger partial charge >= 0.3 is 0 Å². The van der Waals surface area contributed by atoms with Crippen molar-refractivity contribution in [3.05, 3.63) is 18.0 Å². The number of hydrogen-bond donors (Lipinski definition) is 1. The lowest BCUT2D eigenvalue weighted by Crippen LogP contribution is -2.13. The molecule has 0 aliphatic rings. The molecule has 1 aromatic heterocycles. The van der Waals surface area contributed by atoms with Crippen molar-refractivity contribution in [3.63, 3.8) is 0 Å². The molecule has 1 N–H and O–H groups in total. The van der Waals surface area contributed by atoms with Crippen LogP contribution in [0.3, 0.4) is 0 Å². The minimum absolute atomic E-state index is 0.728. The molecule has 0 aliphatic heterocycles. The SMILES string of the molecule is CC#CCCNCc1ccno1. The molecule has 0 aliphatic carbocycles. The molecule has 64 valence electrons. The summed E-state index contributed by atoms with van der Waals surface area (Å²) >= 11 is 0. The lowest BCUT2D eigenvalue weighted by molar-refractivity contribution is 0.374. The van der Waals surface area contributed by atoms with Gasteiger partial charge in [-0.3, -0.25) is 0 Å². The van der Waals surface area contributed by atoms with Crippen LogP contribution < -0.4 is 5.32 Å². The summed E-state index contributed by atoms with van der Waals surface area (Å²) in [4.78, 5) is 0. The fourth-order valence-corrected chi connectivity index (χ4v) is 0.821. The molecule has 0 unspecified atom stereocenters. The molecule has 0 radical (unpaired) electrons. The zero-order valence-corrected chi connectivity index (χ0v) is 7.13. The first-order chi connectivity index (χ1) is 5.93. The Morgan fingerprint density at radius 2 is 2.58 bits per heavy atom. The van der Waals surface area contributed by atoms with Crippen LogP contribution in [-0.2, 0) is 6.54 Å². The molecule has 0 saturated carbocycles. The van der Waals surface area contributed by atoms with Crippen molar-refractivity contribution in [2.75, 3.05) is 6.54 Å². The van der Waals surface area contributed by atoms with Gasteiger partial charge in [0.1, 0.15) is 5.76 Å². The van der Waals surface area contributed by atoms with Crippen LogP contribution in [0.1, 0.15) is 19.1 Å². The summed E-state index contributed by atoms with van der Waals surface area (Å²) in [6.07, 6.45) is 2.52. The van der Waals surface area contributed by atoms with Gasteiger partial charge in [0.15, 0.2) is 0 Å². The standard InChI is InChI=1S/C9H12N2O/c1-2-3-4-6-10-8-9-5-7-11-12-9/h5,7,10H,4,6,8H2,1H3. The zero-order chi connectivity index (χ0) is 8.65. The average molecular weight is 164 g/mol. The summed E-state index contributed by atoms with van der Waals surface area (Å²) in [5.41, 5.74) is 0. The van der Waals surface area contributed by atoms with Crippen LogP contribution in [0.5, 0.6) is 0 Å². The summed E-state index contributed by atoms with van der Waals surface area (Å²) in [7, 11) is 0. The summed E-state index contributed by atoms with van der Waals surface area (Å²) < 4.78 is 4.89. The second kappa shape index (κ2) is 5.39. The van der Waals surface area contributed by atoms with E-state index in [1.165, 1.54) is 0 Å². The quantitative estimate of drug-likeness (QED) is 0.536. The Bertz CT molecular complexity index is 256. The zero-order valence-electron chi connectivity index (χ0n) is 7.13. The predicted molar refractivity (Wildman–Crippen MR) is 46.3 cm³/mol. The van der Waals surface area contributed by atoms with Gasteiger partial charge in [-0.15, -0.1) is 11.8 Å². The Hall–Kier alpha value is -1.27. The van der Waals surface area contributed by atoms with Crippen molar-refractivity contribution in [1.82, 2.24) is 10.5 Å². The van der Waals surface area contributed by atoms with Crippen molar-refractivity contribution in [1.29, 1.82) is 0 Å². The maximum atomic E-state index is 4.89. The smallest absolute Gasteiger partial charge is 0.150 e. The average Bonchev–Trinajstić information content (AvgIpc) is 2.57. The fraction of sp³-hybridized carbons (Fsp3) is 0.444. The van der Waals surface area contributed by atoms with Crippen molar-refractivity contribution >= 4 is 0 Å². The maximum absolute atomic E-state index is 4.89. The molecule has 3 heteroatoms. The lowest BCUT2D eigenvalue weighted by Gasteiger charge is -1.96. The third kappa shape index (κ3) is 3.22. The van der Waals surface area contributed by atoms with E-state index in [4.69, 9.17) is 4.52 Å². The number of hydrogen-bond acceptors (Lipinski definition) is 3. The van der Waals surface area contributed by atoms with Gasteiger partial charge in [0.05, 0.1) is 12.7 Å². The van der Waals surface area contributed by atoms with Gasteiger partial charge in [0.2, 0.25) is 0 Å². The highest BCUT2D eigenvalue weighted by atomic mass is 16.5. The third-order valence-corrected chi connectivity index (χ3v) is 1.39. The molecule has 1 aromatic rings. The first-order valence-corrected chi connectivity index (χ1v) is 3.93. The van der Waals surface area contributed by atoms with Crippen LogP contribution in [0.2, 0.25) is 0 Å². The molecule has 0 spiro atoms. The minimum atomic E-state index is 0.728. The van der Waals surface area contributed by atoms with E-state index in [2.05, 4.69) is 22.3 Å². The second-order valence-electron chi connectivity index (χ2n) is 2.33. The van der Waals surface area contributed by atoms with Crippen molar-refractivity contribution in [2.24, 2.45) is 0 Å². The molecule has 0 aromatic carbocycles. The molecule has 0 saturated heterocycles. The molecule has 0 bridgehead atoms. The summed E-state index contributed by atoms with van der Waals surface area (Å²) in [6.45, 7) is 3.46. The van der Waals surface area contributed by atoms with Crippen LogP contribution in [-0.4, -0.2) is 11.7 Å². The predicted octanol–water partition coefficient (Wildman–Crippen LogP) is 1.18. The molecule has 0 fully saturated rings. The first-order valence-electron chi connectivity index (χ1n) is 3.93. The number of nitrogens with zero attached hydrogens (tertiary/aromatic N) is 1. The number of aromatic nitrogens is 1. The van der Waals surface area contributed by atoms with E-state index in [1.807, 2.05) is 13.0 Å². The fourth-order valence-electron chi connectivity index (χ4n) is 0.821. The van der Waals surface area contributed by atoms with Crippen LogP contribution in [0.4, 0.5) is 0 Å². The highest BCUT2D eigenvalue weighted by Gasteiger charge is 1.93. The van der Waals surface area contributed by atoms with Gasteiger partial charge in [-0.1, -0.05) is 5.16 Å². The van der Waals surface area contributed by atoms with Crippen molar-refractivity contribution < 1.29 is 4.52 Å².